The Morgan fingerprint density at radius 1 is 0.914 bits per heavy atom. The molecule has 8 nitrogen and oxygen atoms in total. The van der Waals surface area contributed by atoms with E-state index in [9.17, 15) is 20.1 Å². The number of methoxy groups -OCH3 is 2. The molecule has 0 amide bonds. The van der Waals surface area contributed by atoms with E-state index in [0.717, 1.165) is 11.1 Å². The molecule has 3 atom stereocenters. The lowest BCUT2D eigenvalue weighted by atomic mass is 9.84. The Morgan fingerprint density at radius 2 is 1.57 bits per heavy atom. The van der Waals surface area contributed by atoms with Crippen molar-refractivity contribution in [3.63, 3.8) is 0 Å². The quantitative estimate of drug-likeness (QED) is 0.411. The van der Waals surface area contributed by atoms with Gasteiger partial charge in [-0.2, -0.15) is 0 Å². The molecule has 1 heterocycles. The van der Waals surface area contributed by atoms with Crippen molar-refractivity contribution in [2.24, 2.45) is 11.8 Å². The molecule has 1 fully saturated rings. The summed E-state index contributed by atoms with van der Waals surface area (Å²) >= 11 is 0. The molecular formula is C27H28O8. The Hall–Kier alpha value is -3.91. The van der Waals surface area contributed by atoms with Crippen molar-refractivity contribution in [2.45, 2.75) is 12.5 Å². The fourth-order valence-corrected chi connectivity index (χ4v) is 4.37. The highest BCUT2D eigenvalue weighted by Gasteiger charge is 2.39. The minimum atomic E-state index is -0.496. The van der Waals surface area contributed by atoms with E-state index in [2.05, 4.69) is 0 Å². The maximum Gasteiger partial charge on any atom is 0.338 e. The molecule has 0 unspecified atom stereocenters. The molecular weight excluding hydrogens is 452 g/mol. The van der Waals surface area contributed by atoms with E-state index in [4.69, 9.17) is 18.9 Å². The second-order valence-electron chi connectivity index (χ2n) is 8.46. The van der Waals surface area contributed by atoms with E-state index < -0.39 is 5.97 Å². The lowest BCUT2D eigenvalue weighted by Gasteiger charge is -2.24. The molecule has 0 aromatic heterocycles. The molecule has 3 aromatic carbocycles. The van der Waals surface area contributed by atoms with Gasteiger partial charge >= 0.3 is 5.97 Å². The maximum atomic E-state index is 12.6. The topological polar surface area (TPSA) is 115 Å². The Labute approximate surface area is 203 Å². The third kappa shape index (κ3) is 5.44. The molecule has 1 aliphatic heterocycles. The molecule has 1 aliphatic rings. The minimum Gasteiger partial charge on any atom is -0.508 e. The van der Waals surface area contributed by atoms with Crippen molar-refractivity contribution < 1.29 is 39.1 Å². The average molecular weight is 481 g/mol. The van der Waals surface area contributed by atoms with Gasteiger partial charge in [0.2, 0.25) is 0 Å². The number of benzene rings is 3. The van der Waals surface area contributed by atoms with Crippen molar-refractivity contribution in [3.05, 3.63) is 77.4 Å². The van der Waals surface area contributed by atoms with Crippen LogP contribution < -0.4 is 9.47 Å². The Morgan fingerprint density at radius 3 is 2.26 bits per heavy atom. The van der Waals surface area contributed by atoms with E-state index in [0.29, 0.717) is 30.1 Å². The van der Waals surface area contributed by atoms with Crippen molar-refractivity contribution in [2.75, 3.05) is 27.4 Å². The SMILES string of the molecule is COc1cc(C[C@@H]2CO[C@@H](c3ccc(O)c(OC)c3)[C@@H]2COC(=O)c2ccc(O)cc2)ccc1O. The molecule has 35 heavy (non-hydrogen) atoms. The second-order valence-corrected chi connectivity index (χ2v) is 8.46. The van der Waals surface area contributed by atoms with Crippen LogP contribution in [0.1, 0.15) is 27.6 Å². The Balaban J connectivity index is 1.57. The number of carbonyl (C=O) groups excluding carboxylic acids is 1. The molecule has 1 saturated heterocycles. The van der Waals surface area contributed by atoms with Gasteiger partial charge in [-0.25, -0.2) is 4.79 Å². The van der Waals surface area contributed by atoms with Crippen molar-refractivity contribution in [3.8, 4) is 28.7 Å². The first kappa shape index (κ1) is 24.2. The zero-order valence-corrected chi connectivity index (χ0v) is 19.5. The van der Waals surface area contributed by atoms with Gasteiger partial charge in [0, 0.05) is 5.92 Å². The van der Waals surface area contributed by atoms with Gasteiger partial charge in [-0.15, -0.1) is 0 Å². The van der Waals surface area contributed by atoms with Crippen molar-refractivity contribution in [1.82, 2.24) is 0 Å². The minimum absolute atomic E-state index is 0.00154. The van der Waals surface area contributed by atoms with Crippen LogP contribution in [0.3, 0.4) is 0 Å². The summed E-state index contributed by atoms with van der Waals surface area (Å²) in [7, 11) is 2.98. The van der Waals surface area contributed by atoms with Crippen LogP contribution >= 0.6 is 0 Å². The number of aromatic hydroxyl groups is 3. The zero-order valence-electron chi connectivity index (χ0n) is 19.5. The number of phenols is 3. The molecule has 0 spiro atoms. The molecule has 0 saturated carbocycles. The van der Waals surface area contributed by atoms with Crippen molar-refractivity contribution in [1.29, 1.82) is 0 Å². The highest BCUT2D eigenvalue weighted by Crippen LogP contribution is 2.43. The number of hydrogen-bond acceptors (Lipinski definition) is 8. The highest BCUT2D eigenvalue weighted by molar-refractivity contribution is 5.89. The van der Waals surface area contributed by atoms with Crippen LogP contribution in [0, 0.1) is 11.8 Å². The Kier molecular flexibility index (Phi) is 7.31. The first-order chi connectivity index (χ1) is 16.9. The van der Waals surface area contributed by atoms with Gasteiger partial charge < -0.3 is 34.3 Å². The summed E-state index contributed by atoms with van der Waals surface area (Å²) in [5.41, 5.74) is 2.09. The average Bonchev–Trinajstić information content (AvgIpc) is 3.26. The molecule has 8 heteroatoms. The lowest BCUT2D eigenvalue weighted by molar-refractivity contribution is 0.0289. The third-order valence-corrected chi connectivity index (χ3v) is 6.27. The summed E-state index contributed by atoms with van der Waals surface area (Å²) in [5, 5.41) is 29.4. The van der Waals surface area contributed by atoms with Crippen LogP contribution in [-0.2, 0) is 15.9 Å². The van der Waals surface area contributed by atoms with Crippen LogP contribution in [0.4, 0.5) is 0 Å². The molecule has 184 valence electrons. The summed E-state index contributed by atoms with van der Waals surface area (Å²) in [6, 6.07) is 16.1. The summed E-state index contributed by atoms with van der Waals surface area (Å²) in [6.45, 7) is 0.534. The summed E-state index contributed by atoms with van der Waals surface area (Å²) in [6.07, 6.45) is 0.227. The van der Waals surface area contributed by atoms with Crippen LogP contribution in [-0.4, -0.2) is 48.7 Å². The summed E-state index contributed by atoms with van der Waals surface area (Å²) in [5.74, 6) is 0.186. The van der Waals surface area contributed by atoms with Gasteiger partial charge in [0.1, 0.15) is 5.75 Å². The Bertz CT molecular complexity index is 1170. The maximum absolute atomic E-state index is 12.6. The second kappa shape index (κ2) is 10.6. The van der Waals surface area contributed by atoms with Crippen LogP contribution in [0.5, 0.6) is 28.7 Å². The first-order valence-corrected chi connectivity index (χ1v) is 11.2. The van der Waals surface area contributed by atoms with Gasteiger partial charge in [0.15, 0.2) is 23.0 Å². The summed E-state index contributed by atoms with van der Waals surface area (Å²) < 4.78 is 22.3. The number of esters is 1. The van der Waals surface area contributed by atoms with Gasteiger partial charge in [-0.3, -0.25) is 0 Å². The normalized spacial score (nSPS) is 19.3. The number of phenolic OH excluding ortho intramolecular Hbond substituents is 3. The monoisotopic (exact) mass is 480 g/mol. The largest absolute Gasteiger partial charge is 0.508 e. The molecule has 0 radical (unpaired) electrons. The molecule has 0 bridgehead atoms. The van der Waals surface area contributed by atoms with Gasteiger partial charge in [-0.1, -0.05) is 12.1 Å². The molecule has 0 aliphatic carbocycles. The number of ether oxygens (including phenoxy) is 4. The molecule has 4 rings (SSSR count). The van der Waals surface area contributed by atoms with Crippen LogP contribution in [0.2, 0.25) is 0 Å². The number of carbonyl (C=O) groups is 1. The zero-order chi connectivity index (χ0) is 24.9. The van der Waals surface area contributed by atoms with Crippen molar-refractivity contribution >= 4 is 5.97 Å². The van der Waals surface area contributed by atoms with E-state index in [1.54, 1.807) is 30.3 Å². The van der Waals surface area contributed by atoms with E-state index in [1.165, 1.54) is 38.5 Å². The van der Waals surface area contributed by atoms with Crippen LogP contribution in [0.25, 0.3) is 0 Å². The fraction of sp³-hybridized carbons (Fsp3) is 0.296. The lowest BCUT2D eigenvalue weighted by Crippen LogP contribution is -2.24. The van der Waals surface area contributed by atoms with E-state index >= 15 is 0 Å². The van der Waals surface area contributed by atoms with E-state index in [-0.39, 0.29) is 41.8 Å². The molecule has 3 N–H and O–H groups in total. The van der Waals surface area contributed by atoms with Gasteiger partial charge in [0.05, 0.1) is 39.1 Å². The van der Waals surface area contributed by atoms with Gasteiger partial charge in [-0.05, 0) is 72.0 Å². The summed E-state index contributed by atoms with van der Waals surface area (Å²) in [4.78, 5) is 12.6. The fourth-order valence-electron chi connectivity index (χ4n) is 4.37. The molecule has 3 aromatic rings. The number of hydrogen-bond donors (Lipinski definition) is 3. The number of rotatable bonds is 8. The standard InChI is InChI=1S/C27H28O8/c1-32-24-12-16(3-9-22(24)29)11-19-14-34-26(18-6-10-23(30)25(13-18)33-2)21(19)15-35-27(31)17-4-7-20(28)8-5-17/h3-10,12-13,19,21,26,28-30H,11,14-15H2,1-2H3/t19-,21-,26+/m1/s1. The predicted octanol–water partition coefficient (Wildman–Crippen LogP) is 4.22. The third-order valence-electron chi connectivity index (χ3n) is 6.27. The van der Waals surface area contributed by atoms with E-state index in [1.807, 2.05) is 6.07 Å². The predicted molar refractivity (Wildman–Crippen MR) is 127 cm³/mol. The van der Waals surface area contributed by atoms with Crippen LogP contribution in [0.15, 0.2) is 60.7 Å². The highest BCUT2D eigenvalue weighted by atomic mass is 16.5. The van der Waals surface area contributed by atoms with Gasteiger partial charge in [0.25, 0.3) is 0 Å². The smallest absolute Gasteiger partial charge is 0.338 e. The first-order valence-electron chi connectivity index (χ1n) is 11.2.